The van der Waals surface area contributed by atoms with E-state index in [1.54, 1.807) is 0 Å². The van der Waals surface area contributed by atoms with Crippen LogP contribution in [0.3, 0.4) is 0 Å². The SMILES string of the molecule is CSc1nc(N2CCc3c([nH]c4ccc(F)cc34)C2c2ccc(C)c(F)c2F)nc(C(F)(F)F)n1. The number of alkyl halides is 3. The van der Waals surface area contributed by atoms with Gasteiger partial charge in [-0.25, -0.2) is 13.2 Å². The molecule has 182 valence electrons. The predicted molar refractivity (Wildman–Crippen MR) is 119 cm³/mol. The molecule has 0 saturated heterocycles. The first kappa shape index (κ1) is 23.5. The van der Waals surface area contributed by atoms with Gasteiger partial charge in [-0.2, -0.15) is 28.1 Å². The maximum absolute atomic E-state index is 15.3. The van der Waals surface area contributed by atoms with Crippen LogP contribution in [-0.4, -0.2) is 32.7 Å². The van der Waals surface area contributed by atoms with Crippen LogP contribution in [0.5, 0.6) is 0 Å². The Balaban J connectivity index is 1.76. The topological polar surface area (TPSA) is 57.7 Å². The number of hydrogen-bond donors (Lipinski definition) is 1. The van der Waals surface area contributed by atoms with Gasteiger partial charge in [0.25, 0.3) is 0 Å². The number of aromatic nitrogens is 4. The number of fused-ring (bicyclic) bond motifs is 3. The molecule has 0 fully saturated rings. The molecule has 0 aliphatic carbocycles. The van der Waals surface area contributed by atoms with Crippen LogP contribution in [0, 0.1) is 24.4 Å². The second-order valence-electron chi connectivity index (χ2n) is 8.10. The lowest BCUT2D eigenvalue weighted by atomic mass is 9.91. The Morgan fingerprint density at radius 2 is 1.80 bits per heavy atom. The van der Waals surface area contributed by atoms with Crippen LogP contribution in [0.4, 0.5) is 32.3 Å². The standard InChI is InChI=1S/C23H17F6N5S/c1-10-3-5-13(17(26)16(10)25)19-18-12(14-9-11(24)4-6-15(14)30-18)7-8-34(19)21-31-20(23(27,28)29)32-22(33-21)35-2/h3-6,9,19,30H,7-8H2,1-2H3. The summed E-state index contributed by atoms with van der Waals surface area (Å²) in [6.07, 6.45) is -3.03. The molecule has 2 aromatic carbocycles. The number of nitrogens with one attached hydrogen (secondary N) is 1. The van der Waals surface area contributed by atoms with E-state index in [1.165, 1.54) is 48.4 Å². The van der Waals surface area contributed by atoms with Gasteiger partial charge in [0.05, 0.1) is 0 Å². The summed E-state index contributed by atoms with van der Waals surface area (Å²) in [5, 5.41) is 0.398. The number of aryl methyl sites for hydroxylation is 1. The van der Waals surface area contributed by atoms with E-state index in [4.69, 9.17) is 0 Å². The van der Waals surface area contributed by atoms with Crippen LogP contribution in [0.2, 0.25) is 0 Å². The Morgan fingerprint density at radius 1 is 1.03 bits per heavy atom. The van der Waals surface area contributed by atoms with E-state index in [-0.39, 0.29) is 35.2 Å². The van der Waals surface area contributed by atoms with Crippen molar-refractivity contribution < 1.29 is 26.3 Å². The van der Waals surface area contributed by atoms with Crippen LogP contribution in [0.25, 0.3) is 10.9 Å². The minimum Gasteiger partial charge on any atom is -0.356 e. The van der Waals surface area contributed by atoms with Crippen LogP contribution in [0.1, 0.15) is 34.3 Å². The Hall–Kier alpha value is -3.28. The number of halogens is 6. The third-order valence-electron chi connectivity index (χ3n) is 5.98. The molecule has 2 aromatic heterocycles. The highest BCUT2D eigenvalue weighted by Gasteiger charge is 2.39. The van der Waals surface area contributed by atoms with Gasteiger partial charge in [-0.1, -0.05) is 23.9 Å². The van der Waals surface area contributed by atoms with Crippen molar-refractivity contribution in [1.29, 1.82) is 0 Å². The first-order chi connectivity index (χ1) is 16.6. The van der Waals surface area contributed by atoms with Crippen molar-refractivity contribution in [2.75, 3.05) is 17.7 Å². The van der Waals surface area contributed by atoms with Crippen LogP contribution in [0.15, 0.2) is 35.5 Å². The van der Waals surface area contributed by atoms with Crippen LogP contribution >= 0.6 is 11.8 Å². The molecule has 12 heteroatoms. The number of benzene rings is 2. The first-order valence-electron chi connectivity index (χ1n) is 10.5. The third-order valence-corrected chi connectivity index (χ3v) is 6.53. The fraction of sp³-hybridized carbons (Fsp3) is 0.261. The van der Waals surface area contributed by atoms with E-state index in [0.29, 0.717) is 22.2 Å². The van der Waals surface area contributed by atoms with Gasteiger partial charge >= 0.3 is 6.18 Å². The molecular formula is C23H17F6N5S. The quantitative estimate of drug-likeness (QED) is 0.272. The fourth-order valence-electron chi connectivity index (χ4n) is 4.36. The largest absolute Gasteiger partial charge is 0.451 e. The zero-order valence-electron chi connectivity index (χ0n) is 18.3. The van der Waals surface area contributed by atoms with E-state index in [0.717, 1.165) is 11.8 Å². The highest BCUT2D eigenvalue weighted by molar-refractivity contribution is 7.98. The average molecular weight is 509 g/mol. The summed E-state index contributed by atoms with van der Waals surface area (Å²) in [5.74, 6) is -4.37. The van der Waals surface area contributed by atoms with E-state index in [9.17, 15) is 22.0 Å². The molecular weight excluding hydrogens is 492 g/mol. The lowest BCUT2D eigenvalue weighted by Gasteiger charge is -2.36. The third kappa shape index (κ3) is 3.99. The van der Waals surface area contributed by atoms with Gasteiger partial charge in [0, 0.05) is 28.7 Å². The fourth-order valence-corrected chi connectivity index (χ4v) is 4.71. The maximum Gasteiger partial charge on any atom is 0.451 e. The molecule has 1 N–H and O–H groups in total. The monoisotopic (exact) mass is 509 g/mol. The molecule has 0 spiro atoms. The van der Waals surface area contributed by atoms with E-state index >= 15 is 4.39 Å². The lowest BCUT2D eigenvalue weighted by molar-refractivity contribution is -0.145. The second-order valence-corrected chi connectivity index (χ2v) is 8.87. The number of aromatic amines is 1. The molecule has 4 aromatic rings. The van der Waals surface area contributed by atoms with Crippen molar-refractivity contribution in [3.8, 4) is 0 Å². The number of H-pyrrole nitrogens is 1. The first-order valence-corrected chi connectivity index (χ1v) is 11.7. The number of thioether (sulfide) groups is 1. The molecule has 1 unspecified atom stereocenters. The summed E-state index contributed by atoms with van der Waals surface area (Å²) in [4.78, 5) is 15.8. The summed E-state index contributed by atoms with van der Waals surface area (Å²) < 4.78 is 84.4. The highest BCUT2D eigenvalue weighted by Crippen LogP contribution is 2.42. The van der Waals surface area contributed by atoms with Crippen molar-refractivity contribution in [2.24, 2.45) is 0 Å². The predicted octanol–water partition coefficient (Wildman–Crippen LogP) is 5.97. The van der Waals surface area contributed by atoms with Gasteiger partial charge in [-0.3, -0.25) is 0 Å². The number of rotatable bonds is 3. The van der Waals surface area contributed by atoms with Gasteiger partial charge in [0.1, 0.15) is 11.9 Å². The minimum atomic E-state index is -4.83. The molecule has 0 bridgehead atoms. The van der Waals surface area contributed by atoms with Gasteiger partial charge < -0.3 is 9.88 Å². The average Bonchev–Trinajstić information content (AvgIpc) is 3.19. The van der Waals surface area contributed by atoms with Gasteiger partial charge in [-0.05, 0) is 48.9 Å². The van der Waals surface area contributed by atoms with Gasteiger partial charge in [0.2, 0.25) is 11.8 Å². The Labute approximate surface area is 199 Å². The highest BCUT2D eigenvalue weighted by atomic mass is 32.2. The normalized spacial score (nSPS) is 16.1. The van der Waals surface area contributed by atoms with E-state index < -0.39 is 35.5 Å². The second kappa shape index (κ2) is 8.43. The zero-order chi connectivity index (χ0) is 25.1. The van der Waals surface area contributed by atoms with Gasteiger partial charge in [-0.15, -0.1) is 0 Å². The number of anilines is 1. The molecule has 5 nitrogen and oxygen atoms in total. The van der Waals surface area contributed by atoms with Crippen molar-refractivity contribution in [3.63, 3.8) is 0 Å². The molecule has 1 atom stereocenters. The molecule has 35 heavy (non-hydrogen) atoms. The van der Waals surface area contributed by atoms with Crippen molar-refractivity contribution >= 4 is 28.6 Å². The molecule has 1 aliphatic heterocycles. The number of hydrogen-bond acceptors (Lipinski definition) is 5. The van der Waals surface area contributed by atoms with E-state index in [2.05, 4.69) is 19.9 Å². The lowest BCUT2D eigenvalue weighted by Crippen LogP contribution is -2.38. The summed E-state index contributed by atoms with van der Waals surface area (Å²) in [6.45, 7) is 1.48. The van der Waals surface area contributed by atoms with Crippen molar-refractivity contribution in [3.05, 3.63) is 76.0 Å². The molecule has 0 saturated carbocycles. The Kier molecular flexibility index (Phi) is 5.65. The molecule has 5 rings (SSSR count). The Bertz CT molecular complexity index is 1450. The molecule has 0 radical (unpaired) electrons. The number of nitrogens with zero attached hydrogens (tertiary/aromatic N) is 4. The van der Waals surface area contributed by atoms with Crippen molar-refractivity contribution in [2.45, 2.75) is 30.7 Å². The van der Waals surface area contributed by atoms with Crippen LogP contribution < -0.4 is 4.90 Å². The molecule has 0 amide bonds. The summed E-state index contributed by atoms with van der Waals surface area (Å²) in [6, 6.07) is 5.79. The smallest absolute Gasteiger partial charge is 0.356 e. The van der Waals surface area contributed by atoms with Crippen molar-refractivity contribution in [1.82, 2.24) is 19.9 Å². The maximum atomic E-state index is 15.3. The summed E-state index contributed by atoms with van der Waals surface area (Å²) in [7, 11) is 0. The minimum absolute atomic E-state index is 0.0746. The zero-order valence-corrected chi connectivity index (χ0v) is 19.2. The molecule has 3 heterocycles. The summed E-state index contributed by atoms with van der Waals surface area (Å²) in [5.41, 5.74) is 1.60. The molecule has 1 aliphatic rings. The Morgan fingerprint density at radius 3 is 2.51 bits per heavy atom. The van der Waals surface area contributed by atoms with Gasteiger partial charge in [0.15, 0.2) is 16.8 Å². The van der Waals surface area contributed by atoms with Crippen LogP contribution in [-0.2, 0) is 12.6 Å². The summed E-state index contributed by atoms with van der Waals surface area (Å²) >= 11 is 0.900. The van der Waals surface area contributed by atoms with E-state index in [1.807, 2.05) is 0 Å².